The van der Waals surface area contributed by atoms with Crippen LogP contribution in [-0.4, -0.2) is 54.0 Å². The van der Waals surface area contributed by atoms with Crippen LogP contribution in [0.5, 0.6) is 0 Å². The molecular weight excluding hydrogens is 386 g/mol. The van der Waals surface area contributed by atoms with Crippen molar-refractivity contribution in [1.82, 2.24) is 5.06 Å². The first kappa shape index (κ1) is 27.8. The molecule has 0 spiro atoms. The van der Waals surface area contributed by atoms with Gasteiger partial charge in [-0.2, -0.15) is 0 Å². The van der Waals surface area contributed by atoms with Crippen LogP contribution in [0.2, 0.25) is 36.3 Å². The summed E-state index contributed by atoms with van der Waals surface area (Å²) < 4.78 is 13.3. The van der Waals surface area contributed by atoms with E-state index in [0.29, 0.717) is 6.42 Å². The minimum Gasteiger partial charge on any atom is -0.414 e. The molecule has 0 N–H and O–H groups in total. The number of nitrogens with zero attached hydrogens (tertiary/aromatic N) is 1. The van der Waals surface area contributed by atoms with Gasteiger partial charge in [-0.05, 0) is 49.1 Å². The van der Waals surface area contributed by atoms with Gasteiger partial charge in [0, 0.05) is 13.2 Å². The van der Waals surface area contributed by atoms with Gasteiger partial charge in [0.2, 0.25) is 5.91 Å². The molecular formula is C21H47NO4Si2. The van der Waals surface area contributed by atoms with E-state index in [9.17, 15) is 4.79 Å². The molecule has 2 atom stereocenters. The normalized spacial score (nSPS) is 16.0. The molecule has 0 heterocycles. The molecule has 0 aromatic carbocycles. The van der Waals surface area contributed by atoms with Gasteiger partial charge in [-0.25, -0.2) is 5.06 Å². The fourth-order valence-electron chi connectivity index (χ4n) is 2.38. The van der Waals surface area contributed by atoms with Crippen molar-refractivity contribution in [3.05, 3.63) is 0 Å². The Kier molecular flexibility index (Phi) is 10.1. The number of hydrogen-bond acceptors (Lipinski definition) is 4. The molecule has 0 fully saturated rings. The van der Waals surface area contributed by atoms with E-state index >= 15 is 0 Å². The van der Waals surface area contributed by atoms with Gasteiger partial charge in [0.25, 0.3) is 0 Å². The Morgan fingerprint density at radius 1 is 0.893 bits per heavy atom. The highest BCUT2D eigenvalue weighted by molar-refractivity contribution is 6.74. The summed E-state index contributed by atoms with van der Waals surface area (Å²) in [5.74, 6) is -0.0617. The Morgan fingerprint density at radius 2 is 1.29 bits per heavy atom. The molecule has 0 radical (unpaired) electrons. The minimum absolute atomic E-state index is 0.0617. The second kappa shape index (κ2) is 10.2. The maximum Gasteiger partial charge on any atom is 0.248 e. The van der Waals surface area contributed by atoms with Crippen LogP contribution in [0.25, 0.3) is 0 Å². The molecule has 0 aliphatic carbocycles. The zero-order valence-corrected chi connectivity index (χ0v) is 22.9. The van der Waals surface area contributed by atoms with E-state index in [2.05, 4.69) is 74.7 Å². The van der Waals surface area contributed by atoms with Crippen molar-refractivity contribution < 1.29 is 18.5 Å². The fraction of sp³-hybridized carbons (Fsp3) is 0.952. The Morgan fingerprint density at radius 3 is 1.61 bits per heavy atom. The minimum atomic E-state index is -2.01. The third kappa shape index (κ3) is 8.26. The largest absolute Gasteiger partial charge is 0.414 e. The molecule has 1 amide bonds. The van der Waals surface area contributed by atoms with Gasteiger partial charge >= 0.3 is 0 Å². The lowest BCUT2D eigenvalue weighted by Gasteiger charge is -2.42. The van der Waals surface area contributed by atoms with Crippen LogP contribution >= 0.6 is 0 Å². The van der Waals surface area contributed by atoms with Crippen molar-refractivity contribution in [3.8, 4) is 0 Å². The summed E-state index contributed by atoms with van der Waals surface area (Å²) in [4.78, 5) is 17.6. The van der Waals surface area contributed by atoms with Gasteiger partial charge in [0.05, 0.1) is 19.6 Å². The standard InChI is InChI=1S/C21H47NO4Si2/c1-14-17(25-27(10,11)20(2,3)4)15-18(16-19(23)22(8)24-9)26-28(12,13)21(5,6)7/h17-18H,14-16H2,1-13H3/t17-,18+/m1/s1. The average Bonchev–Trinajstić information content (AvgIpc) is 2.50. The second-order valence-corrected chi connectivity index (χ2v) is 20.4. The quantitative estimate of drug-likeness (QED) is 0.314. The summed E-state index contributed by atoms with van der Waals surface area (Å²) >= 11 is 0. The smallest absolute Gasteiger partial charge is 0.248 e. The Bertz CT molecular complexity index is 496. The molecule has 0 aliphatic heterocycles. The van der Waals surface area contributed by atoms with Crippen molar-refractivity contribution in [2.75, 3.05) is 14.2 Å². The van der Waals surface area contributed by atoms with Crippen molar-refractivity contribution >= 4 is 22.5 Å². The first-order valence-electron chi connectivity index (χ1n) is 10.5. The van der Waals surface area contributed by atoms with Crippen molar-refractivity contribution in [2.45, 2.75) is 116 Å². The van der Waals surface area contributed by atoms with Crippen molar-refractivity contribution in [1.29, 1.82) is 0 Å². The van der Waals surface area contributed by atoms with Crippen LogP contribution in [0.4, 0.5) is 0 Å². The number of amides is 1. The molecule has 0 aromatic heterocycles. The zero-order valence-electron chi connectivity index (χ0n) is 20.9. The van der Waals surface area contributed by atoms with E-state index in [1.165, 1.54) is 12.2 Å². The lowest BCUT2D eigenvalue weighted by molar-refractivity contribution is -0.170. The van der Waals surface area contributed by atoms with E-state index in [1.54, 1.807) is 7.05 Å². The van der Waals surface area contributed by atoms with Gasteiger partial charge in [-0.1, -0.05) is 48.5 Å². The van der Waals surface area contributed by atoms with Crippen LogP contribution in [0.15, 0.2) is 0 Å². The molecule has 168 valence electrons. The number of rotatable bonds is 10. The lowest BCUT2D eigenvalue weighted by atomic mass is 10.1. The summed E-state index contributed by atoms with van der Waals surface area (Å²) in [5.41, 5.74) is 0. The molecule has 0 bridgehead atoms. The summed E-state index contributed by atoms with van der Waals surface area (Å²) in [5, 5.41) is 1.53. The third-order valence-electron chi connectivity index (χ3n) is 6.54. The van der Waals surface area contributed by atoms with E-state index in [4.69, 9.17) is 13.7 Å². The van der Waals surface area contributed by atoms with Gasteiger partial charge < -0.3 is 8.85 Å². The lowest BCUT2D eigenvalue weighted by Crippen LogP contribution is -2.48. The van der Waals surface area contributed by atoms with Crippen LogP contribution < -0.4 is 0 Å². The van der Waals surface area contributed by atoms with Crippen LogP contribution in [0.3, 0.4) is 0 Å². The molecule has 7 heteroatoms. The number of carbonyl (C=O) groups excluding carboxylic acids is 1. The van der Waals surface area contributed by atoms with Crippen LogP contribution in [0.1, 0.15) is 67.7 Å². The molecule has 28 heavy (non-hydrogen) atoms. The Hall–Kier alpha value is -0.216. The zero-order chi connectivity index (χ0) is 22.6. The highest BCUT2D eigenvalue weighted by Gasteiger charge is 2.42. The average molecular weight is 434 g/mol. The van der Waals surface area contributed by atoms with Gasteiger partial charge in [-0.3, -0.25) is 9.63 Å². The number of carbonyl (C=O) groups is 1. The Labute approximate surface area is 176 Å². The summed E-state index contributed by atoms with van der Waals surface area (Å²) in [7, 11) is -0.736. The highest BCUT2D eigenvalue weighted by Crippen LogP contribution is 2.40. The van der Waals surface area contributed by atoms with Crippen molar-refractivity contribution in [2.24, 2.45) is 0 Å². The monoisotopic (exact) mass is 433 g/mol. The maximum atomic E-state index is 12.5. The van der Waals surface area contributed by atoms with Gasteiger partial charge in [0.1, 0.15) is 0 Å². The first-order chi connectivity index (χ1) is 12.4. The van der Waals surface area contributed by atoms with E-state index in [1.807, 2.05) is 0 Å². The summed E-state index contributed by atoms with van der Waals surface area (Å²) in [6, 6.07) is 0. The molecule has 0 unspecified atom stereocenters. The molecule has 0 aliphatic rings. The van der Waals surface area contributed by atoms with Gasteiger partial charge in [0.15, 0.2) is 16.6 Å². The maximum absolute atomic E-state index is 12.5. The topological polar surface area (TPSA) is 48.0 Å². The molecule has 0 saturated carbocycles. The fourth-order valence-corrected chi connectivity index (χ4v) is 5.19. The van der Waals surface area contributed by atoms with Crippen LogP contribution in [-0.2, 0) is 18.5 Å². The molecule has 0 rings (SSSR count). The SMILES string of the molecule is CC[C@H](C[C@@H](CC(=O)N(C)OC)O[Si](C)(C)C(C)(C)C)O[Si](C)(C)C(C)(C)C. The van der Waals surface area contributed by atoms with E-state index in [0.717, 1.165) is 12.8 Å². The molecule has 5 nitrogen and oxygen atoms in total. The third-order valence-corrected chi connectivity index (χ3v) is 15.6. The number of hydrogen-bond donors (Lipinski definition) is 0. The second-order valence-electron chi connectivity index (χ2n) is 10.9. The summed E-state index contributed by atoms with van der Waals surface area (Å²) in [6.45, 7) is 24.6. The summed E-state index contributed by atoms with van der Waals surface area (Å²) in [6.07, 6.45) is 1.89. The molecule has 0 saturated heterocycles. The number of hydroxylamine groups is 2. The van der Waals surface area contributed by atoms with Gasteiger partial charge in [-0.15, -0.1) is 0 Å². The van der Waals surface area contributed by atoms with E-state index < -0.39 is 16.6 Å². The van der Waals surface area contributed by atoms with Crippen molar-refractivity contribution in [3.63, 3.8) is 0 Å². The molecule has 0 aromatic rings. The first-order valence-corrected chi connectivity index (χ1v) is 16.4. The predicted octanol–water partition coefficient (Wildman–Crippen LogP) is 5.98. The predicted molar refractivity (Wildman–Crippen MR) is 123 cm³/mol. The Balaban J connectivity index is 5.51. The highest BCUT2D eigenvalue weighted by atomic mass is 28.4. The van der Waals surface area contributed by atoms with Crippen LogP contribution in [0, 0.1) is 0 Å². The van der Waals surface area contributed by atoms with E-state index in [-0.39, 0.29) is 28.2 Å².